The number of ether oxygens (including phenoxy) is 1. The second kappa shape index (κ2) is 10.9. The summed E-state index contributed by atoms with van der Waals surface area (Å²) in [6, 6.07) is 16.6. The van der Waals surface area contributed by atoms with Crippen LogP contribution in [0.4, 0.5) is 0 Å². The van der Waals surface area contributed by atoms with Crippen molar-refractivity contribution in [3.63, 3.8) is 0 Å². The van der Waals surface area contributed by atoms with Crippen LogP contribution in [-0.2, 0) is 13.0 Å². The predicted octanol–water partition coefficient (Wildman–Crippen LogP) is 3.53. The first-order valence-electron chi connectivity index (χ1n) is 7.84. The van der Waals surface area contributed by atoms with E-state index in [2.05, 4.69) is 58.9 Å². The average Bonchev–Trinajstić information content (AvgIpc) is 2.58. The zero-order valence-electron chi connectivity index (χ0n) is 14.5. The molecule has 0 bridgehead atoms. The quantitative estimate of drug-likeness (QED) is 0.411. The van der Waals surface area contributed by atoms with Gasteiger partial charge in [-0.15, -0.1) is 24.0 Å². The molecule has 2 aromatic carbocycles. The molecule has 0 fully saturated rings. The van der Waals surface area contributed by atoms with Gasteiger partial charge in [0.25, 0.3) is 0 Å². The summed E-state index contributed by atoms with van der Waals surface area (Å²) in [6.07, 6.45) is 0.919. The van der Waals surface area contributed by atoms with E-state index in [4.69, 9.17) is 4.74 Å². The molecule has 0 spiro atoms. The first-order valence-corrected chi connectivity index (χ1v) is 7.84. The van der Waals surface area contributed by atoms with Crippen LogP contribution >= 0.6 is 24.0 Å². The van der Waals surface area contributed by atoms with Gasteiger partial charge in [0.15, 0.2) is 5.96 Å². The Bertz CT molecular complexity index is 659. The summed E-state index contributed by atoms with van der Waals surface area (Å²) in [5, 5.41) is 6.67. The molecule has 0 atom stereocenters. The smallest absolute Gasteiger partial charge is 0.191 e. The molecule has 2 rings (SSSR count). The van der Waals surface area contributed by atoms with E-state index in [-0.39, 0.29) is 24.0 Å². The molecule has 0 saturated heterocycles. The molecule has 0 heterocycles. The Kier molecular flexibility index (Phi) is 9.22. The molecule has 4 nitrogen and oxygen atoms in total. The molecule has 2 aromatic rings. The maximum Gasteiger partial charge on any atom is 0.191 e. The van der Waals surface area contributed by atoms with E-state index in [0.29, 0.717) is 0 Å². The highest BCUT2D eigenvalue weighted by Gasteiger charge is 2.00. The van der Waals surface area contributed by atoms with Crippen molar-refractivity contribution in [3.8, 4) is 5.75 Å². The van der Waals surface area contributed by atoms with E-state index in [1.807, 2.05) is 12.1 Å². The summed E-state index contributed by atoms with van der Waals surface area (Å²) in [6.45, 7) is 3.69. The number of methoxy groups -OCH3 is 1. The van der Waals surface area contributed by atoms with Crippen LogP contribution in [0.15, 0.2) is 53.5 Å². The number of hydrogen-bond acceptors (Lipinski definition) is 2. The van der Waals surface area contributed by atoms with Gasteiger partial charge in [0.1, 0.15) is 5.75 Å². The van der Waals surface area contributed by atoms with E-state index in [9.17, 15) is 0 Å². The Balaban J connectivity index is 0.00000288. The predicted molar refractivity (Wildman–Crippen MR) is 111 cm³/mol. The third kappa shape index (κ3) is 6.78. The minimum Gasteiger partial charge on any atom is -0.497 e. The van der Waals surface area contributed by atoms with Crippen molar-refractivity contribution in [1.82, 2.24) is 10.6 Å². The standard InChI is InChI=1S/C19H25N3O.HI/c1-15-6-4-8-17(12-15)14-22-19(20-2)21-11-10-16-7-5-9-18(13-16)23-3;/h4-9,12-13H,10-11,14H2,1-3H3,(H2,20,21,22);1H. The Hall–Kier alpha value is -1.76. The number of hydrogen-bond donors (Lipinski definition) is 2. The summed E-state index contributed by atoms with van der Waals surface area (Å²) in [5.74, 6) is 1.71. The third-order valence-electron chi connectivity index (χ3n) is 3.61. The molecule has 0 unspecified atom stereocenters. The van der Waals surface area contributed by atoms with Crippen molar-refractivity contribution in [2.24, 2.45) is 4.99 Å². The molecule has 24 heavy (non-hydrogen) atoms. The first-order chi connectivity index (χ1) is 11.2. The van der Waals surface area contributed by atoms with Crippen molar-refractivity contribution < 1.29 is 4.74 Å². The Morgan fingerprint density at radius 1 is 1.04 bits per heavy atom. The summed E-state index contributed by atoms with van der Waals surface area (Å²) in [7, 11) is 3.48. The van der Waals surface area contributed by atoms with Gasteiger partial charge >= 0.3 is 0 Å². The van der Waals surface area contributed by atoms with Crippen LogP contribution in [0.1, 0.15) is 16.7 Å². The number of nitrogens with one attached hydrogen (secondary N) is 2. The van der Waals surface area contributed by atoms with Crippen LogP contribution in [0.2, 0.25) is 0 Å². The molecular formula is C19H26IN3O. The second-order valence-electron chi connectivity index (χ2n) is 5.44. The van der Waals surface area contributed by atoms with Crippen molar-refractivity contribution in [1.29, 1.82) is 0 Å². The minimum atomic E-state index is 0. The van der Waals surface area contributed by atoms with Crippen LogP contribution in [0.3, 0.4) is 0 Å². The molecule has 130 valence electrons. The van der Waals surface area contributed by atoms with E-state index in [1.54, 1.807) is 14.2 Å². The van der Waals surface area contributed by atoms with E-state index in [0.717, 1.165) is 31.2 Å². The molecule has 0 aliphatic heterocycles. The fraction of sp³-hybridized carbons (Fsp3) is 0.316. The number of aryl methyl sites for hydroxylation is 1. The zero-order valence-corrected chi connectivity index (χ0v) is 16.8. The van der Waals surface area contributed by atoms with Crippen LogP contribution in [0.25, 0.3) is 0 Å². The van der Waals surface area contributed by atoms with E-state index >= 15 is 0 Å². The van der Waals surface area contributed by atoms with Crippen molar-refractivity contribution in [3.05, 3.63) is 65.2 Å². The lowest BCUT2D eigenvalue weighted by atomic mass is 10.1. The Labute approximate surface area is 161 Å². The van der Waals surface area contributed by atoms with Gasteiger partial charge < -0.3 is 15.4 Å². The Morgan fingerprint density at radius 3 is 2.50 bits per heavy atom. The fourth-order valence-electron chi connectivity index (χ4n) is 2.38. The Morgan fingerprint density at radius 2 is 1.79 bits per heavy atom. The number of aliphatic imine (C=N–C) groups is 1. The molecule has 2 N–H and O–H groups in total. The summed E-state index contributed by atoms with van der Waals surface area (Å²) in [4.78, 5) is 4.26. The first kappa shape index (κ1) is 20.3. The fourth-order valence-corrected chi connectivity index (χ4v) is 2.38. The number of benzene rings is 2. The van der Waals surface area contributed by atoms with E-state index in [1.165, 1.54) is 16.7 Å². The summed E-state index contributed by atoms with van der Waals surface area (Å²) >= 11 is 0. The van der Waals surface area contributed by atoms with Gasteiger partial charge in [-0.25, -0.2) is 0 Å². The number of guanidine groups is 1. The molecule has 0 aliphatic rings. The van der Waals surface area contributed by atoms with Crippen molar-refractivity contribution in [2.45, 2.75) is 19.9 Å². The van der Waals surface area contributed by atoms with Crippen LogP contribution < -0.4 is 15.4 Å². The maximum absolute atomic E-state index is 5.24. The average molecular weight is 439 g/mol. The van der Waals surface area contributed by atoms with Crippen molar-refractivity contribution >= 4 is 29.9 Å². The molecule has 5 heteroatoms. The normalized spacial score (nSPS) is 10.7. The molecule has 0 amide bonds. The van der Waals surface area contributed by atoms with Gasteiger partial charge in [-0.2, -0.15) is 0 Å². The molecule has 0 aromatic heterocycles. The van der Waals surface area contributed by atoms with Crippen LogP contribution in [0.5, 0.6) is 5.75 Å². The monoisotopic (exact) mass is 439 g/mol. The largest absolute Gasteiger partial charge is 0.497 e. The molecule has 0 saturated carbocycles. The minimum absolute atomic E-state index is 0. The molecular weight excluding hydrogens is 413 g/mol. The summed E-state index contributed by atoms with van der Waals surface area (Å²) in [5.41, 5.74) is 3.76. The molecule has 0 radical (unpaired) electrons. The second-order valence-corrected chi connectivity index (χ2v) is 5.44. The van der Waals surface area contributed by atoms with Gasteiger partial charge in [0, 0.05) is 20.1 Å². The number of rotatable bonds is 6. The third-order valence-corrected chi connectivity index (χ3v) is 3.61. The van der Waals surface area contributed by atoms with Gasteiger partial charge in [-0.05, 0) is 36.6 Å². The lowest BCUT2D eigenvalue weighted by molar-refractivity contribution is 0.414. The highest BCUT2D eigenvalue weighted by molar-refractivity contribution is 14.0. The van der Waals surface area contributed by atoms with Crippen molar-refractivity contribution in [2.75, 3.05) is 20.7 Å². The highest BCUT2D eigenvalue weighted by Crippen LogP contribution is 2.12. The number of nitrogens with zero attached hydrogens (tertiary/aromatic N) is 1. The van der Waals surface area contributed by atoms with E-state index < -0.39 is 0 Å². The SMILES string of the molecule is CN=C(NCCc1cccc(OC)c1)NCc1cccc(C)c1.I. The maximum atomic E-state index is 5.24. The topological polar surface area (TPSA) is 45.7 Å². The molecule has 0 aliphatic carbocycles. The summed E-state index contributed by atoms with van der Waals surface area (Å²) < 4.78 is 5.24. The van der Waals surface area contributed by atoms with Gasteiger partial charge in [0.05, 0.1) is 7.11 Å². The number of halogens is 1. The van der Waals surface area contributed by atoms with Gasteiger partial charge in [0.2, 0.25) is 0 Å². The van der Waals surface area contributed by atoms with Gasteiger partial charge in [-0.1, -0.05) is 42.0 Å². The van der Waals surface area contributed by atoms with Crippen LogP contribution in [0, 0.1) is 6.92 Å². The highest BCUT2D eigenvalue weighted by atomic mass is 127. The lowest BCUT2D eigenvalue weighted by Crippen LogP contribution is -2.37. The van der Waals surface area contributed by atoms with Gasteiger partial charge in [-0.3, -0.25) is 4.99 Å². The zero-order chi connectivity index (χ0) is 16.5. The van der Waals surface area contributed by atoms with Crippen LogP contribution in [-0.4, -0.2) is 26.7 Å². The lowest BCUT2D eigenvalue weighted by Gasteiger charge is -2.12.